The highest BCUT2D eigenvalue weighted by molar-refractivity contribution is 5.79. The van der Waals surface area contributed by atoms with Crippen LogP contribution in [0.1, 0.15) is 17.0 Å². The number of H-pyrrole nitrogens is 1. The monoisotopic (exact) mass is 279 g/mol. The fraction of sp³-hybridized carbons (Fsp3) is 0.235. The van der Waals surface area contributed by atoms with Crippen LogP contribution < -0.4 is 10.1 Å². The van der Waals surface area contributed by atoms with Gasteiger partial charge in [-0.2, -0.15) is 0 Å². The predicted molar refractivity (Wildman–Crippen MR) is 83.8 cm³/mol. The van der Waals surface area contributed by atoms with E-state index in [0.717, 1.165) is 47.9 Å². The van der Waals surface area contributed by atoms with Crippen molar-refractivity contribution in [2.45, 2.75) is 19.9 Å². The Labute approximate surface area is 123 Å². The maximum atomic E-state index is 5.54. The van der Waals surface area contributed by atoms with Crippen LogP contribution in [0.15, 0.2) is 36.4 Å². The molecule has 4 nitrogen and oxygen atoms in total. The SMILES string of the molecule is Cc1nc2ccc(NCc3ccc4c(c3)CCO4)cc2[nH]1. The fourth-order valence-corrected chi connectivity index (χ4v) is 2.80. The Morgan fingerprint density at radius 2 is 2.19 bits per heavy atom. The van der Waals surface area contributed by atoms with Gasteiger partial charge in [0.25, 0.3) is 0 Å². The van der Waals surface area contributed by atoms with Crippen LogP contribution in [0.3, 0.4) is 0 Å². The van der Waals surface area contributed by atoms with Gasteiger partial charge < -0.3 is 15.0 Å². The van der Waals surface area contributed by atoms with Crippen molar-refractivity contribution in [3.63, 3.8) is 0 Å². The quantitative estimate of drug-likeness (QED) is 0.772. The molecule has 0 spiro atoms. The molecule has 0 atom stereocenters. The van der Waals surface area contributed by atoms with E-state index in [1.165, 1.54) is 11.1 Å². The van der Waals surface area contributed by atoms with Gasteiger partial charge in [-0.05, 0) is 42.3 Å². The molecule has 4 heteroatoms. The van der Waals surface area contributed by atoms with Crippen LogP contribution in [0, 0.1) is 6.92 Å². The first kappa shape index (κ1) is 12.3. The second-order valence-electron chi connectivity index (χ2n) is 5.45. The van der Waals surface area contributed by atoms with Crippen molar-refractivity contribution in [3.05, 3.63) is 53.3 Å². The molecule has 21 heavy (non-hydrogen) atoms. The Bertz CT molecular complexity index is 807. The third-order valence-electron chi connectivity index (χ3n) is 3.85. The summed E-state index contributed by atoms with van der Waals surface area (Å²) < 4.78 is 5.54. The fourth-order valence-electron chi connectivity index (χ4n) is 2.80. The molecule has 1 aliphatic heterocycles. The topological polar surface area (TPSA) is 49.9 Å². The molecule has 4 rings (SSSR count). The van der Waals surface area contributed by atoms with Crippen LogP contribution in [0.5, 0.6) is 5.75 Å². The summed E-state index contributed by atoms with van der Waals surface area (Å²) in [6, 6.07) is 12.6. The number of aromatic nitrogens is 2. The number of ether oxygens (including phenoxy) is 1. The number of anilines is 1. The molecule has 3 aromatic rings. The first-order valence-corrected chi connectivity index (χ1v) is 7.23. The molecule has 0 saturated carbocycles. The molecule has 1 aliphatic rings. The number of hydrogen-bond donors (Lipinski definition) is 2. The van der Waals surface area contributed by atoms with Gasteiger partial charge in [0.2, 0.25) is 0 Å². The molecular formula is C17H17N3O. The minimum Gasteiger partial charge on any atom is -0.493 e. The Morgan fingerprint density at radius 3 is 3.14 bits per heavy atom. The second kappa shape index (κ2) is 4.81. The number of aryl methyl sites for hydroxylation is 1. The molecule has 0 radical (unpaired) electrons. The lowest BCUT2D eigenvalue weighted by Gasteiger charge is -2.08. The van der Waals surface area contributed by atoms with Gasteiger partial charge in [0.05, 0.1) is 17.6 Å². The zero-order valence-electron chi connectivity index (χ0n) is 11.9. The molecule has 0 bridgehead atoms. The highest BCUT2D eigenvalue weighted by Gasteiger charge is 2.11. The van der Waals surface area contributed by atoms with Gasteiger partial charge in [-0.15, -0.1) is 0 Å². The number of fused-ring (bicyclic) bond motifs is 2. The van der Waals surface area contributed by atoms with E-state index in [1.807, 2.05) is 13.0 Å². The van der Waals surface area contributed by atoms with Gasteiger partial charge in [-0.3, -0.25) is 0 Å². The van der Waals surface area contributed by atoms with E-state index in [9.17, 15) is 0 Å². The lowest BCUT2D eigenvalue weighted by molar-refractivity contribution is 0.357. The Hall–Kier alpha value is -2.49. The van der Waals surface area contributed by atoms with E-state index in [4.69, 9.17) is 4.74 Å². The highest BCUT2D eigenvalue weighted by atomic mass is 16.5. The average molecular weight is 279 g/mol. The molecule has 0 saturated heterocycles. The van der Waals surface area contributed by atoms with E-state index in [-0.39, 0.29) is 0 Å². The third-order valence-corrected chi connectivity index (χ3v) is 3.85. The number of rotatable bonds is 3. The van der Waals surface area contributed by atoms with Gasteiger partial charge in [0.15, 0.2) is 0 Å². The summed E-state index contributed by atoms with van der Waals surface area (Å²) in [5.41, 5.74) is 5.77. The summed E-state index contributed by atoms with van der Waals surface area (Å²) in [4.78, 5) is 7.68. The molecule has 1 aromatic heterocycles. The van der Waals surface area contributed by atoms with E-state index in [1.54, 1.807) is 0 Å². The van der Waals surface area contributed by atoms with Crippen LogP contribution in [-0.2, 0) is 13.0 Å². The molecule has 2 N–H and O–H groups in total. The average Bonchev–Trinajstić information content (AvgIpc) is 3.08. The smallest absolute Gasteiger partial charge is 0.122 e. The van der Waals surface area contributed by atoms with Crippen molar-refractivity contribution in [1.82, 2.24) is 9.97 Å². The van der Waals surface area contributed by atoms with Gasteiger partial charge in [0, 0.05) is 18.7 Å². The summed E-state index contributed by atoms with van der Waals surface area (Å²) in [5, 5.41) is 3.46. The van der Waals surface area contributed by atoms with Gasteiger partial charge in [-0.1, -0.05) is 12.1 Å². The summed E-state index contributed by atoms with van der Waals surface area (Å²) in [6.45, 7) is 3.59. The molecule has 0 unspecified atom stereocenters. The zero-order chi connectivity index (χ0) is 14.2. The van der Waals surface area contributed by atoms with E-state index in [2.05, 4.69) is 45.6 Å². The second-order valence-corrected chi connectivity index (χ2v) is 5.45. The van der Waals surface area contributed by atoms with Crippen LogP contribution in [-0.4, -0.2) is 16.6 Å². The lowest BCUT2D eigenvalue weighted by atomic mass is 10.1. The molecule has 0 fully saturated rings. The molecule has 0 amide bonds. The maximum absolute atomic E-state index is 5.54. The molecule has 2 aromatic carbocycles. The number of hydrogen-bond acceptors (Lipinski definition) is 3. The number of nitrogens with zero attached hydrogens (tertiary/aromatic N) is 1. The van der Waals surface area contributed by atoms with Gasteiger partial charge in [-0.25, -0.2) is 4.98 Å². The normalized spacial score (nSPS) is 13.2. The standard InChI is InChI=1S/C17H17N3O/c1-11-19-15-4-3-14(9-16(15)20-11)18-10-12-2-5-17-13(8-12)6-7-21-17/h2-5,8-9,18H,6-7,10H2,1H3,(H,19,20). The Balaban J connectivity index is 1.52. The first-order valence-electron chi connectivity index (χ1n) is 7.23. The zero-order valence-corrected chi connectivity index (χ0v) is 11.9. The maximum Gasteiger partial charge on any atom is 0.122 e. The summed E-state index contributed by atoms with van der Waals surface area (Å²) in [6.07, 6.45) is 1.02. The van der Waals surface area contributed by atoms with Gasteiger partial charge in [0.1, 0.15) is 11.6 Å². The molecule has 0 aliphatic carbocycles. The van der Waals surface area contributed by atoms with Crippen molar-refractivity contribution in [1.29, 1.82) is 0 Å². The third kappa shape index (κ3) is 2.33. The summed E-state index contributed by atoms with van der Waals surface area (Å²) in [7, 11) is 0. The first-order chi connectivity index (χ1) is 10.3. The summed E-state index contributed by atoms with van der Waals surface area (Å²) >= 11 is 0. The van der Waals surface area contributed by atoms with Crippen LogP contribution in [0.25, 0.3) is 11.0 Å². The van der Waals surface area contributed by atoms with Crippen molar-refractivity contribution in [2.75, 3.05) is 11.9 Å². The van der Waals surface area contributed by atoms with Gasteiger partial charge >= 0.3 is 0 Å². The van der Waals surface area contributed by atoms with E-state index >= 15 is 0 Å². The Kier molecular flexibility index (Phi) is 2.81. The largest absolute Gasteiger partial charge is 0.493 e. The summed E-state index contributed by atoms with van der Waals surface area (Å²) in [5.74, 6) is 1.98. The molecule has 106 valence electrons. The Morgan fingerprint density at radius 1 is 1.24 bits per heavy atom. The molecule has 2 heterocycles. The van der Waals surface area contributed by atoms with E-state index < -0.39 is 0 Å². The van der Waals surface area contributed by atoms with Crippen LogP contribution >= 0.6 is 0 Å². The number of benzene rings is 2. The van der Waals surface area contributed by atoms with Crippen LogP contribution in [0.4, 0.5) is 5.69 Å². The van der Waals surface area contributed by atoms with Crippen LogP contribution in [0.2, 0.25) is 0 Å². The van der Waals surface area contributed by atoms with Crippen molar-refractivity contribution >= 4 is 16.7 Å². The predicted octanol–water partition coefficient (Wildman–Crippen LogP) is 3.42. The van der Waals surface area contributed by atoms with E-state index in [0.29, 0.717) is 0 Å². The van der Waals surface area contributed by atoms with Crippen molar-refractivity contribution in [2.24, 2.45) is 0 Å². The highest BCUT2D eigenvalue weighted by Crippen LogP contribution is 2.26. The minimum atomic E-state index is 0.808. The molecular weight excluding hydrogens is 262 g/mol. The van der Waals surface area contributed by atoms with Crippen molar-refractivity contribution in [3.8, 4) is 5.75 Å². The number of aromatic amines is 1. The number of imidazole rings is 1. The minimum absolute atomic E-state index is 0.808. The van der Waals surface area contributed by atoms with Crippen molar-refractivity contribution < 1.29 is 4.74 Å². The lowest BCUT2D eigenvalue weighted by Crippen LogP contribution is -1.99. The number of nitrogens with one attached hydrogen (secondary N) is 2.